The molecule has 2 N–H and O–H groups in total. The maximum Gasteiger partial charge on any atom is 0.255 e. The Hall–Kier alpha value is -3.97. The molecule has 7 nitrogen and oxygen atoms in total. The number of fused-ring (bicyclic) bond motifs is 1. The minimum atomic E-state index is -0.792. The predicted molar refractivity (Wildman–Crippen MR) is 145 cm³/mol. The first-order valence-electron chi connectivity index (χ1n) is 13.1. The molecule has 3 aromatic carbocycles. The lowest BCUT2D eigenvalue weighted by Gasteiger charge is -2.35. The summed E-state index contributed by atoms with van der Waals surface area (Å²) in [6.45, 7) is 4.55. The molecule has 0 radical (unpaired) electrons. The van der Waals surface area contributed by atoms with E-state index in [9.17, 15) is 19.5 Å². The molecular formula is C31H33N3O4. The number of carbonyl (C=O) groups is 3. The molecule has 196 valence electrons. The van der Waals surface area contributed by atoms with Gasteiger partial charge in [-0.1, -0.05) is 86.6 Å². The number of hydrogen-bond donors (Lipinski definition) is 2. The van der Waals surface area contributed by atoms with E-state index in [-0.39, 0.29) is 36.6 Å². The summed E-state index contributed by atoms with van der Waals surface area (Å²) in [7, 11) is 0. The number of nitrogens with one attached hydrogen (secondary N) is 1. The molecule has 3 atom stereocenters. The molecule has 0 aromatic heterocycles. The van der Waals surface area contributed by atoms with Gasteiger partial charge in [-0.05, 0) is 34.2 Å². The van der Waals surface area contributed by atoms with Gasteiger partial charge < -0.3 is 20.2 Å². The summed E-state index contributed by atoms with van der Waals surface area (Å²) in [5, 5.41) is 13.4. The van der Waals surface area contributed by atoms with Gasteiger partial charge in [-0.2, -0.15) is 0 Å². The minimum Gasteiger partial charge on any atom is -0.391 e. The number of amides is 3. The van der Waals surface area contributed by atoms with Crippen molar-refractivity contribution in [1.82, 2.24) is 15.1 Å². The van der Waals surface area contributed by atoms with Crippen molar-refractivity contribution in [2.75, 3.05) is 6.54 Å². The molecule has 0 aliphatic carbocycles. The number of aliphatic hydroxyl groups is 1. The van der Waals surface area contributed by atoms with Crippen LogP contribution in [0, 0.1) is 5.92 Å². The van der Waals surface area contributed by atoms with Crippen molar-refractivity contribution >= 4 is 17.7 Å². The summed E-state index contributed by atoms with van der Waals surface area (Å²) in [5.41, 5.74) is 4.66. The molecule has 2 aliphatic heterocycles. The number of rotatable bonds is 7. The van der Waals surface area contributed by atoms with E-state index in [0.29, 0.717) is 18.7 Å². The average Bonchev–Trinajstić information content (AvgIpc) is 3.48. The van der Waals surface area contributed by atoms with E-state index in [1.807, 2.05) is 86.6 Å². The van der Waals surface area contributed by atoms with Gasteiger partial charge in [-0.25, -0.2) is 0 Å². The third kappa shape index (κ3) is 5.07. The average molecular weight is 512 g/mol. The van der Waals surface area contributed by atoms with Gasteiger partial charge in [-0.3, -0.25) is 14.4 Å². The summed E-state index contributed by atoms with van der Waals surface area (Å²) in [6.07, 6.45) is -0.622. The largest absolute Gasteiger partial charge is 0.391 e. The van der Waals surface area contributed by atoms with Crippen molar-refractivity contribution in [1.29, 1.82) is 0 Å². The molecule has 2 aliphatic rings. The van der Waals surface area contributed by atoms with Crippen LogP contribution in [0.3, 0.4) is 0 Å². The second-order valence-electron chi connectivity index (χ2n) is 10.5. The van der Waals surface area contributed by atoms with Gasteiger partial charge in [0.1, 0.15) is 12.1 Å². The Bertz CT molecular complexity index is 1320. The van der Waals surface area contributed by atoms with Gasteiger partial charge in [0.2, 0.25) is 11.8 Å². The van der Waals surface area contributed by atoms with E-state index in [1.165, 1.54) is 4.90 Å². The molecule has 1 saturated heterocycles. The summed E-state index contributed by atoms with van der Waals surface area (Å²) < 4.78 is 0. The molecule has 0 bridgehead atoms. The molecule has 3 amide bonds. The first kappa shape index (κ1) is 25.7. The number of likely N-dealkylation sites (tertiary alicyclic amines) is 1. The van der Waals surface area contributed by atoms with Crippen LogP contribution in [0.2, 0.25) is 0 Å². The first-order chi connectivity index (χ1) is 18.3. The standard InChI is InChI=1S/C31H33N3O4/c1-20(2)28(34-18-24-10-6-7-11-26(24)30(34)37)31(38)33-19-25(35)16-27(33)29(36)32-17-21-12-14-23(15-13-21)22-8-4-3-5-9-22/h3-15,20,25,27-28,35H,16-19H2,1-2H3,(H,32,36)/t25?,27?,28-/m0/s1. The van der Waals surface area contributed by atoms with Crippen molar-refractivity contribution in [3.63, 3.8) is 0 Å². The Morgan fingerprint density at radius 3 is 2.29 bits per heavy atom. The van der Waals surface area contributed by atoms with E-state index >= 15 is 0 Å². The van der Waals surface area contributed by atoms with Crippen LogP contribution >= 0.6 is 0 Å². The first-order valence-corrected chi connectivity index (χ1v) is 13.1. The van der Waals surface area contributed by atoms with E-state index in [2.05, 4.69) is 5.32 Å². The molecule has 1 fully saturated rings. The molecule has 2 heterocycles. The molecule has 0 saturated carbocycles. The molecule has 2 unspecified atom stereocenters. The van der Waals surface area contributed by atoms with Gasteiger partial charge >= 0.3 is 0 Å². The van der Waals surface area contributed by atoms with Crippen molar-refractivity contribution < 1.29 is 19.5 Å². The Morgan fingerprint density at radius 2 is 1.61 bits per heavy atom. The summed E-state index contributed by atoms with van der Waals surface area (Å²) >= 11 is 0. The van der Waals surface area contributed by atoms with Crippen molar-refractivity contribution in [3.05, 3.63) is 95.6 Å². The van der Waals surface area contributed by atoms with E-state index in [4.69, 9.17) is 0 Å². The molecule has 3 aromatic rings. The fourth-order valence-electron chi connectivity index (χ4n) is 5.51. The Balaban J connectivity index is 1.27. The Morgan fingerprint density at radius 1 is 0.947 bits per heavy atom. The van der Waals surface area contributed by atoms with Crippen LogP contribution < -0.4 is 5.32 Å². The summed E-state index contributed by atoms with van der Waals surface area (Å²) in [5.74, 6) is -0.941. The van der Waals surface area contributed by atoms with Crippen LogP contribution in [-0.4, -0.2) is 57.4 Å². The van der Waals surface area contributed by atoms with Crippen LogP contribution in [-0.2, 0) is 22.7 Å². The molecule has 0 spiro atoms. The van der Waals surface area contributed by atoms with Crippen LogP contribution in [0.5, 0.6) is 0 Å². The summed E-state index contributed by atoms with van der Waals surface area (Å²) in [6, 6.07) is 23.9. The lowest BCUT2D eigenvalue weighted by Crippen LogP contribution is -2.55. The van der Waals surface area contributed by atoms with Crippen LogP contribution in [0.1, 0.15) is 41.8 Å². The quantitative estimate of drug-likeness (QED) is 0.507. The number of β-amino-alcohol motifs (C(OH)–C–C–N with tert-alkyl or cyclic N) is 1. The monoisotopic (exact) mass is 511 g/mol. The maximum atomic E-state index is 13.8. The van der Waals surface area contributed by atoms with Crippen LogP contribution in [0.15, 0.2) is 78.9 Å². The second-order valence-corrected chi connectivity index (χ2v) is 10.5. The Labute approximate surface area is 223 Å². The zero-order valence-corrected chi connectivity index (χ0v) is 21.7. The number of hydrogen-bond acceptors (Lipinski definition) is 4. The zero-order valence-electron chi connectivity index (χ0n) is 21.7. The van der Waals surface area contributed by atoms with Gasteiger partial charge in [-0.15, -0.1) is 0 Å². The molecule has 38 heavy (non-hydrogen) atoms. The van der Waals surface area contributed by atoms with Gasteiger partial charge in [0.25, 0.3) is 5.91 Å². The highest BCUT2D eigenvalue weighted by molar-refractivity contribution is 6.01. The number of nitrogens with zero attached hydrogens (tertiary/aromatic N) is 2. The second kappa shape index (κ2) is 10.8. The number of benzene rings is 3. The van der Waals surface area contributed by atoms with Crippen molar-refractivity contribution in [2.45, 2.75) is 51.5 Å². The van der Waals surface area contributed by atoms with Crippen molar-refractivity contribution in [2.24, 2.45) is 5.92 Å². The third-order valence-corrected chi connectivity index (χ3v) is 7.46. The molecule has 7 heteroatoms. The minimum absolute atomic E-state index is 0.0703. The van der Waals surface area contributed by atoms with E-state index < -0.39 is 18.2 Å². The molecule has 5 rings (SSSR count). The predicted octanol–water partition coefficient (Wildman–Crippen LogP) is 3.61. The fraction of sp³-hybridized carbons (Fsp3) is 0.323. The van der Waals surface area contributed by atoms with E-state index in [0.717, 1.165) is 22.3 Å². The van der Waals surface area contributed by atoms with Gasteiger partial charge in [0, 0.05) is 31.6 Å². The van der Waals surface area contributed by atoms with Crippen LogP contribution in [0.25, 0.3) is 11.1 Å². The zero-order chi connectivity index (χ0) is 26.8. The third-order valence-electron chi connectivity index (χ3n) is 7.46. The number of carbonyl (C=O) groups excluding carboxylic acids is 3. The van der Waals surface area contributed by atoms with E-state index in [1.54, 1.807) is 11.0 Å². The molecular weight excluding hydrogens is 478 g/mol. The normalized spacial score (nSPS) is 19.5. The van der Waals surface area contributed by atoms with Gasteiger partial charge in [0.05, 0.1) is 6.10 Å². The highest BCUT2D eigenvalue weighted by atomic mass is 16.3. The Kier molecular flexibility index (Phi) is 7.29. The highest BCUT2D eigenvalue weighted by Crippen LogP contribution is 2.30. The maximum absolute atomic E-state index is 13.8. The fourth-order valence-corrected chi connectivity index (χ4v) is 5.51. The van der Waals surface area contributed by atoms with Crippen LogP contribution in [0.4, 0.5) is 0 Å². The SMILES string of the molecule is CC(C)[C@@H](C(=O)N1CC(O)CC1C(=O)NCc1ccc(-c2ccccc2)cc1)N1Cc2ccccc2C1=O. The van der Waals surface area contributed by atoms with Crippen molar-refractivity contribution in [3.8, 4) is 11.1 Å². The lowest BCUT2D eigenvalue weighted by molar-refractivity contribution is -0.143. The van der Waals surface area contributed by atoms with Gasteiger partial charge in [0.15, 0.2) is 0 Å². The topological polar surface area (TPSA) is 89.9 Å². The lowest BCUT2D eigenvalue weighted by atomic mass is 10.0. The highest BCUT2D eigenvalue weighted by Gasteiger charge is 2.45. The number of aliphatic hydroxyl groups excluding tert-OH is 1. The smallest absolute Gasteiger partial charge is 0.255 e. The summed E-state index contributed by atoms with van der Waals surface area (Å²) in [4.78, 5) is 43.2.